The molecular formula is C18H23N5O4S. The maximum absolute atomic E-state index is 12.5. The molecule has 10 heteroatoms. The van der Waals surface area contributed by atoms with Crippen molar-refractivity contribution in [2.75, 3.05) is 32.4 Å². The summed E-state index contributed by atoms with van der Waals surface area (Å²) >= 11 is 0. The molecule has 2 aromatic rings. The van der Waals surface area contributed by atoms with Gasteiger partial charge in [0.15, 0.2) is 5.82 Å². The zero-order valence-electron chi connectivity index (χ0n) is 15.9. The number of nitrogens with zero attached hydrogens (tertiary/aromatic N) is 5. The van der Waals surface area contributed by atoms with Gasteiger partial charge in [-0.15, -0.1) is 0 Å². The highest BCUT2D eigenvalue weighted by molar-refractivity contribution is 7.88. The molecule has 150 valence electrons. The first-order chi connectivity index (χ1) is 13.3. The van der Waals surface area contributed by atoms with Crippen LogP contribution in [0.4, 0.5) is 0 Å². The fourth-order valence-electron chi connectivity index (χ4n) is 3.65. The zero-order chi connectivity index (χ0) is 19.9. The first-order valence-electron chi connectivity index (χ1n) is 9.33. The van der Waals surface area contributed by atoms with Crippen LogP contribution in [0.1, 0.15) is 52.6 Å². The van der Waals surface area contributed by atoms with E-state index in [2.05, 4.69) is 15.1 Å². The van der Waals surface area contributed by atoms with Crippen molar-refractivity contribution in [3.8, 4) is 0 Å². The monoisotopic (exact) mass is 405 g/mol. The first-order valence-corrected chi connectivity index (χ1v) is 11.2. The predicted molar refractivity (Wildman–Crippen MR) is 100 cm³/mol. The van der Waals surface area contributed by atoms with Crippen molar-refractivity contribution in [2.24, 2.45) is 0 Å². The van der Waals surface area contributed by atoms with E-state index in [1.807, 2.05) is 19.1 Å². The molecule has 0 radical (unpaired) electrons. The topological polar surface area (TPSA) is 110 Å². The third-order valence-corrected chi connectivity index (χ3v) is 6.67. The van der Waals surface area contributed by atoms with Gasteiger partial charge in [-0.3, -0.25) is 4.79 Å². The summed E-state index contributed by atoms with van der Waals surface area (Å²) in [6, 6.07) is 5.40. The van der Waals surface area contributed by atoms with E-state index in [0.717, 1.165) is 5.69 Å². The molecule has 0 spiro atoms. The van der Waals surface area contributed by atoms with Gasteiger partial charge in [-0.2, -0.15) is 4.98 Å². The molecule has 2 saturated heterocycles. The maximum atomic E-state index is 12.5. The minimum atomic E-state index is -3.15. The second-order valence-corrected chi connectivity index (χ2v) is 9.48. The maximum Gasteiger partial charge on any atom is 0.272 e. The van der Waals surface area contributed by atoms with Crippen LogP contribution in [0.3, 0.4) is 0 Å². The number of amides is 1. The van der Waals surface area contributed by atoms with E-state index in [-0.39, 0.29) is 17.7 Å². The van der Waals surface area contributed by atoms with Gasteiger partial charge in [0.2, 0.25) is 15.9 Å². The average molecular weight is 405 g/mol. The van der Waals surface area contributed by atoms with E-state index in [4.69, 9.17) is 4.52 Å². The van der Waals surface area contributed by atoms with Crippen molar-refractivity contribution in [1.82, 2.24) is 24.3 Å². The van der Waals surface area contributed by atoms with Crippen LogP contribution >= 0.6 is 0 Å². The molecule has 0 aliphatic carbocycles. The Kier molecular flexibility index (Phi) is 4.92. The summed E-state index contributed by atoms with van der Waals surface area (Å²) in [5.41, 5.74) is 1.26. The van der Waals surface area contributed by atoms with Gasteiger partial charge in [-0.05, 0) is 31.9 Å². The Labute approximate surface area is 163 Å². The lowest BCUT2D eigenvalue weighted by Crippen LogP contribution is -2.48. The lowest BCUT2D eigenvalue weighted by atomic mass is 9.97. The normalized spacial score (nSPS) is 19.6. The molecule has 2 aliphatic heterocycles. The van der Waals surface area contributed by atoms with Gasteiger partial charge in [-0.25, -0.2) is 17.7 Å². The molecule has 9 nitrogen and oxygen atoms in total. The molecule has 1 amide bonds. The summed E-state index contributed by atoms with van der Waals surface area (Å²) in [6.07, 6.45) is 2.59. The first kappa shape index (κ1) is 19.0. The van der Waals surface area contributed by atoms with Gasteiger partial charge in [0.1, 0.15) is 5.69 Å². The number of pyridine rings is 1. The molecule has 2 aromatic heterocycles. The third-order valence-electron chi connectivity index (χ3n) is 5.37. The fourth-order valence-corrected chi connectivity index (χ4v) is 4.52. The number of aryl methyl sites for hydroxylation is 1. The fraction of sp³-hybridized carbons (Fsp3) is 0.556. The van der Waals surface area contributed by atoms with Crippen molar-refractivity contribution in [3.05, 3.63) is 41.3 Å². The van der Waals surface area contributed by atoms with E-state index in [9.17, 15) is 13.2 Å². The van der Waals surface area contributed by atoms with Crippen LogP contribution in [0, 0.1) is 6.92 Å². The van der Waals surface area contributed by atoms with Crippen LogP contribution in [-0.4, -0.2) is 71.1 Å². The summed E-state index contributed by atoms with van der Waals surface area (Å²) in [5, 5.41) is 4.10. The largest absolute Gasteiger partial charge is 0.339 e. The molecule has 4 rings (SSSR count). The van der Waals surface area contributed by atoms with Gasteiger partial charge in [0.05, 0.1) is 12.2 Å². The molecule has 2 fully saturated rings. The van der Waals surface area contributed by atoms with Crippen LogP contribution < -0.4 is 0 Å². The summed E-state index contributed by atoms with van der Waals surface area (Å²) in [7, 11) is -3.15. The minimum absolute atomic E-state index is 0.0334. The molecule has 0 aromatic carbocycles. The Morgan fingerprint density at radius 1 is 1.14 bits per heavy atom. The predicted octanol–water partition coefficient (Wildman–Crippen LogP) is 1.15. The Morgan fingerprint density at radius 2 is 1.86 bits per heavy atom. The quantitative estimate of drug-likeness (QED) is 0.750. The number of likely N-dealkylation sites (tertiary alicyclic amines) is 1. The molecule has 0 saturated carbocycles. The standard InChI is InChI=1S/C18H23N5O4S/c1-12-4-3-5-15(19-12)18(24)22-10-14(11-22)17-20-16(21-27-17)13-6-8-23(9-7-13)28(2,25)26/h3-5,13-14H,6-11H2,1-2H3. The van der Waals surface area contributed by atoms with Crippen LogP contribution in [0.25, 0.3) is 0 Å². The highest BCUT2D eigenvalue weighted by Gasteiger charge is 2.37. The lowest BCUT2D eigenvalue weighted by Gasteiger charge is -2.36. The van der Waals surface area contributed by atoms with E-state index in [1.54, 1.807) is 11.0 Å². The van der Waals surface area contributed by atoms with Crippen LogP contribution in [0.5, 0.6) is 0 Å². The smallest absolute Gasteiger partial charge is 0.272 e. The summed E-state index contributed by atoms with van der Waals surface area (Å²) in [5.74, 6) is 1.22. The Hall–Kier alpha value is -2.33. The van der Waals surface area contributed by atoms with Gasteiger partial charge in [-0.1, -0.05) is 11.2 Å². The van der Waals surface area contributed by atoms with Crippen LogP contribution in [-0.2, 0) is 10.0 Å². The Balaban J connectivity index is 1.33. The molecule has 0 atom stereocenters. The van der Waals surface area contributed by atoms with E-state index < -0.39 is 10.0 Å². The molecule has 0 N–H and O–H groups in total. The van der Waals surface area contributed by atoms with E-state index in [1.165, 1.54) is 10.6 Å². The number of piperidine rings is 1. The van der Waals surface area contributed by atoms with Crippen molar-refractivity contribution in [1.29, 1.82) is 0 Å². The van der Waals surface area contributed by atoms with Gasteiger partial charge < -0.3 is 9.42 Å². The average Bonchev–Trinajstić information content (AvgIpc) is 3.09. The number of carbonyl (C=O) groups is 1. The highest BCUT2D eigenvalue weighted by Crippen LogP contribution is 2.31. The Morgan fingerprint density at radius 3 is 2.50 bits per heavy atom. The zero-order valence-corrected chi connectivity index (χ0v) is 16.7. The lowest BCUT2D eigenvalue weighted by molar-refractivity contribution is 0.0563. The molecule has 2 aliphatic rings. The SMILES string of the molecule is Cc1cccc(C(=O)N2CC(c3nc(C4CCN(S(C)(=O)=O)CC4)no3)C2)n1. The summed E-state index contributed by atoms with van der Waals surface area (Å²) in [4.78, 5) is 23.0. The summed E-state index contributed by atoms with van der Waals surface area (Å²) in [6.45, 7) is 3.87. The molecular weight excluding hydrogens is 382 g/mol. The van der Waals surface area contributed by atoms with Crippen LogP contribution in [0.2, 0.25) is 0 Å². The second-order valence-electron chi connectivity index (χ2n) is 7.50. The Bertz CT molecular complexity index is 975. The number of hydrogen-bond acceptors (Lipinski definition) is 7. The number of carbonyl (C=O) groups excluding carboxylic acids is 1. The van der Waals surface area contributed by atoms with Crippen molar-refractivity contribution >= 4 is 15.9 Å². The molecule has 0 bridgehead atoms. The van der Waals surface area contributed by atoms with E-state index in [0.29, 0.717) is 56.4 Å². The number of rotatable bonds is 4. The van der Waals surface area contributed by atoms with Gasteiger partial charge in [0.25, 0.3) is 5.91 Å². The number of aromatic nitrogens is 3. The van der Waals surface area contributed by atoms with Crippen molar-refractivity contribution < 1.29 is 17.7 Å². The van der Waals surface area contributed by atoms with Crippen molar-refractivity contribution in [3.63, 3.8) is 0 Å². The van der Waals surface area contributed by atoms with Gasteiger partial charge >= 0.3 is 0 Å². The molecule has 28 heavy (non-hydrogen) atoms. The van der Waals surface area contributed by atoms with Gasteiger partial charge in [0, 0.05) is 37.8 Å². The third kappa shape index (κ3) is 3.79. The van der Waals surface area contributed by atoms with E-state index >= 15 is 0 Å². The minimum Gasteiger partial charge on any atom is -0.339 e. The van der Waals surface area contributed by atoms with Crippen molar-refractivity contribution in [2.45, 2.75) is 31.6 Å². The second kappa shape index (κ2) is 7.25. The molecule has 4 heterocycles. The van der Waals surface area contributed by atoms with Crippen LogP contribution in [0.15, 0.2) is 22.7 Å². The molecule has 0 unspecified atom stereocenters. The highest BCUT2D eigenvalue weighted by atomic mass is 32.2. The summed E-state index contributed by atoms with van der Waals surface area (Å²) < 4.78 is 30.1. The number of sulfonamides is 1. The number of hydrogen-bond donors (Lipinski definition) is 0.